The van der Waals surface area contributed by atoms with Crippen molar-refractivity contribution in [2.75, 3.05) is 33.4 Å². The minimum atomic E-state index is -0.131. The van der Waals surface area contributed by atoms with E-state index in [0.717, 1.165) is 43.6 Å². The van der Waals surface area contributed by atoms with E-state index >= 15 is 0 Å². The molecular weight excluding hydrogens is 566 g/mol. The van der Waals surface area contributed by atoms with Gasteiger partial charge in [-0.3, -0.25) is 9.69 Å². The van der Waals surface area contributed by atoms with Crippen molar-refractivity contribution >= 4 is 52.3 Å². The Morgan fingerprint density at radius 1 is 0.895 bits per heavy atom. The summed E-state index contributed by atoms with van der Waals surface area (Å²) < 4.78 is 11.4. The quantitative estimate of drug-likeness (QED) is 0.262. The minimum Gasteiger partial charge on any atom is -0.493 e. The number of carbonyl (C=O) groups is 1. The third-order valence-corrected chi connectivity index (χ3v) is 7.91. The number of carbonyl (C=O) groups excluding carboxylic acids is 1. The van der Waals surface area contributed by atoms with Crippen molar-refractivity contribution in [3.63, 3.8) is 0 Å². The second-order valence-electron chi connectivity index (χ2n) is 9.37. The van der Waals surface area contributed by atoms with E-state index in [-0.39, 0.29) is 5.91 Å². The fourth-order valence-corrected chi connectivity index (χ4v) is 5.48. The second-order valence-corrected chi connectivity index (χ2v) is 11.1. The lowest BCUT2D eigenvalue weighted by atomic mass is 9.96. The maximum Gasteiger partial charge on any atom is 0.251 e. The molecule has 0 atom stereocenters. The Hall–Kier alpha value is -2.15. The van der Waals surface area contributed by atoms with E-state index in [4.69, 9.17) is 55.9 Å². The summed E-state index contributed by atoms with van der Waals surface area (Å²) in [6.45, 7) is 3.72. The smallest absolute Gasteiger partial charge is 0.251 e. The molecule has 0 radical (unpaired) electrons. The number of piperidine rings is 1. The molecule has 9 heteroatoms. The number of hydrogen-bond donors (Lipinski definition) is 1. The number of nitrogens with one attached hydrogen (secondary N) is 1. The van der Waals surface area contributed by atoms with E-state index < -0.39 is 0 Å². The maximum absolute atomic E-state index is 12.9. The van der Waals surface area contributed by atoms with Gasteiger partial charge in [0, 0.05) is 45.2 Å². The zero-order valence-corrected chi connectivity index (χ0v) is 24.1. The van der Waals surface area contributed by atoms with Crippen LogP contribution >= 0.6 is 46.4 Å². The SMILES string of the molecule is COc1ccc(C(=O)NCC2CCN(Cc3ccc(Cl)cc3Cl)CC2)cc1OCCc1ccc(Cl)cc1Cl. The van der Waals surface area contributed by atoms with Gasteiger partial charge in [0.05, 0.1) is 13.7 Å². The topological polar surface area (TPSA) is 50.8 Å². The van der Waals surface area contributed by atoms with E-state index in [2.05, 4.69) is 10.2 Å². The van der Waals surface area contributed by atoms with Gasteiger partial charge in [-0.25, -0.2) is 0 Å². The van der Waals surface area contributed by atoms with Gasteiger partial charge in [-0.1, -0.05) is 58.5 Å². The highest BCUT2D eigenvalue weighted by Gasteiger charge is 2.21. The standard InChI is InChI=1S/C29H30Cl4N2O3/c1-37-27-7-4-21(14-28(27)38-13-10-20-2-5-23(30)15-25(20)32)29(36)34-17-19-8-11-35(12-9-19)18-22-3-6-24(31)16-26(22)33/h2-7,14-16,19H,8-13,17-18H2,1H3,(H,34,36). The Bertz CT molecular complexity index is 1260. The number of ether oxygens (including phenoxy) is 2. The first-order chi connectivity index (χ1) is 18.3. The highest BCUT2D eigenvalue weighted by molar-refractivity contribution is 6.35. The van der Waals surface area contributed by atoms with Crippen LogP contribution in [0.2, 0.25) is 20.1 Å². The van der Waals surface area contributed by atoms with Crippen molar-refractivity contribution in [1.82, 2.24) is 10.2 Å². The largest absolute Gasteiger partial charge is 0.493 e. The van der Waals surface area contributed by atoms with Crippen LogP contribution in [0, 0.1) is 5.92 Å². The Morgan fingerprint density at radius 3 is 2.18 bits per heavy atom. The van der Waals surface area contributed by atoms with Gasteiger partial charge in [0.15, 0.2) is 11.5 Å². The van der Waals surface area contributed by atoms with Gasteiger partial charge in [-0.15, -0.1) is 0 Å². The molecule has 0 aromatic heterocycles. The number of halogens is 4. The summed E-state index contributed by atoms with van der Waals surface area (Å²) >= 11 is 24.6. The zero-order valence-electron chi connectivity index (χ0n) is 21.1. The van der Waals surface area contributed by atoms with Crippen molar-refractivity contribution in [3.05, 3.63) is 91.4 Å². The lowest BCUT2D eigenvalue weighted by Crippen LogP contribution is -2.38. The molecule has 1 aliphatic heterocycles. The van der Waals surface area contributed by atoms with Crippen LogP contribution in [0.4, 0.5) is 0 Å². The molecule has 1 saturated heterocycles. The number of rotatable bonds is 10. The van der Waals surface area contributed by atoms with Crippen LogP contribution in [0.3, 0.4) is 0 Å². The third kappa shape index (κ3) is 7.93. The normalized spacial score (nSPS) is 14.3. The van der Waals surface area contributed by atoms with E-state index in [9.17, 15) is 4.79 Å². The Balaban J connectivity index is 1.26. The minimum absolute atomic E-state index is 0.131. The lowest BCUT2D eigenvalue weighted by Gasteiger charge is -2.32. The molecule has 202 valence electrons. The average Bonchev–Trinajstić information content (AvgIpc) is 2.91. The van der Waals surface area contributed by atoms with E-state index in [1.54, 1.807) is 43.5 Å². The average molecular weight is 596 g/mol. The first-order valence-electron chi connectivity index (χ1n) is 12.5. The van der Waals surface area contributed by atoms with Crippen molar-refractivity contribution in [3.8, 4) is 11.5 Å². The number of likely N-dealkylation sites (tertiary alicyclic amines) is 1. The van der Waals surface area contributed by atoms with Gasteiger partial charge in [0.1, 0.15) is 0 Å². The molecule has 1 aliphatic rings. The van der Waals surface area contributed by atoms with Crippen molar-refractivity contribution < 1.29 is 14.3 Å². The van der Waals surface area contributed by atoms with Crippen molar-refractivity contribution in [1.29, 1.82) is 0 Å². The molecule has 0 spiro atoms. The van der Waals surface area contributed by atoms with Crippen LogP contribution in [0.5, 0.6) is 11.5 Å². The molecular formula is C29H30Cl4N2O3. The number of amides is 1. The molecule has 5 nitrogen and oxygen atoms in total. The summed E-state index contributed by atoms with van der Waals surface area (Å²) in [6.07, 6.45) is 2.62. The van der Waals surface area contributed by atoms with Gasteiger partial charge in [0.2, 0.25) is 0 Å². The Morgan fingerprint density at radius 2 is 1.55 bits per heavy atom. The summed E-state index contributed by atoms with van der Waals surface area (Å²) in [6, 6.07) is 16.2. The fraction of sp³-hybridized carbons (Fsp3) is 0.345. The molecule has 1 fully saturated rings. The molecule has 1 N–H and O–H groups in total. The number of hydrogen-bond acceptors (Lipinski definition) is 4. The Labute approximate surface area is 243 Å². The van der Waals surface area contributed by atoms with Crippen molar-refractivity contribution in [2.24, 2.45) is 5.92 Å². The molecule has 0 bridgehead atoms. The maximum atomic E-state index is 12.9. The first kappa shape index (κ1) is 28.8. The van der Waals surface area contributed by atoms with Gasteiger partial charge in [0.25, 0.3) is 5.91 Å². The van der Waals surface area contributed by atoms with Gasteiger partial charge in [-0.05, 0) is 85.4 Å². The molecule has 0 saturated carbocycles. The van der Waals surface area contributed by atoms with E-state index in [0.29, 0.717) is 62.6 Å². The summed E-state index contributed by atoms with van der Waals surface area (Å²) in [5.41, 5.74) is 2.54. The molecule has 38 heavy (non-hydrogen) atoms. The molecule has 4 rings (SSSR count). The summed E-state index contributed by atoms with van der Waals surface area (Å²) in [5, 5.41) is 5.62. The lowest BCUT2D eigenvalue weighted by molar-refractivity contribution is 0.0934. The first-order valence-corrected chi connectivity index (χ1v) is 14.0. The van der Waals surface area contributed by atoms with Crippen LogP contribution in [0.15, 0.2) is 54.6 Å². The zero-order chi connectivity index (χ0) is 27.1. The van der Waals surface area contributed by atoms with Gasteiger partial charge < -0.3 is 14.8 Å². The monoisotopic (exact) mass is 594 g/mol. The molecule has 0 aliphatic carbocycles. The molecule has 0 unspecified atom stereocenters. The number of methoxy groups -OCH3 is 1. The Kier molecular flexibility index (Phi) is 10.5. The second kappa shape index (κ2) is 13.8. The van der Waals surface area contributed by atoms with E-state index in [1.807, 2.05) is 18.2 Å². The number of benzene rings is 3. The van der Waals surface area contributed by atoms with Crippen LogP contribution < -0.4 is 14.8 Å². The van der Waals surface area contributed by atoms with Crippen LogP contribution in [0.25, 0.3) is 0 Å². The van der Waals surface area contributed by atoms with Gasteiger partial charge in [-0.2, -0.15) is 0 Å². The molecule has 3 aromatic carbocycles. The third-order valence-electron chi connectivity index (χ3n) is 6.74. The number of nitrogens with zero attached hydrogens (tertiary/aromatic N) is 1. The van der Waals surface area contributed by atoms with Crippen molar-refractivity contribution in [2.45, 2.75) is 25.8 Å². The predicted molar refractivity (Wildman–Crippen MR) is 155 cm³/mol. The van der Waals surface area contributed by atoms with Crippen LogP contribution in [-0.4, -0.2) is 44.2 Å². The predicted octanol–water partition coefficient (Wildman–Crippen LogP) is 7.57. The van der Waals surface area contributed by atoms with Crippen LogP contribution in [-0.2, 0) is 13.0 Å². The summed E-state index contributed by atoms with van der Waals surface area (Å²) in [5.74, 6) is 1.37. The van der Waals surface area contributed by atoms with Gasteiger partial charge >= 0.3 is 0 Å². The highest BCUT2D eigenvalue weighted by atomic mass is 35.5. The summed E-state index contributed by atoms with van der Waals surface area (Å²) in [7, 11) is 1.57. The molecule has 1 amide bonds. The van der Waals surface area contributed by atoms with E-state index in [1.165, 1.54) is 0 Å². The van der Waals surface area contributed by atoms with Crippen LogP contribution in [0.1, 0.15) is 34.3 Å². The molecule has 3 aromatic rings. The molecule has 1 heterocycles. The fourth-order valence-electron chi connectivity index (χ4n) is 4.50. The summed E-state index contributed by atoms with van der Waals surface area (Å²) in [4.78, 5) is 15.3. The highest BCUT2D eigenvalue weighted by Crippen LogP contribution is 2.29.